The highest BCUT2D eigenvalue weighted by Gasteiger charge is 2.16. The van der Waals surface area contributed by atoms with Gasteiger partial charge in [0.25, 0.3) is 0 Å². The number of carboxylic acids is 2. The van der Waals surface area contributed by atoms with Gasteiger partial charge in [0.2, 0.25) is 0 Å². The van der Waals surface area contributed by atoms with Crippen molar-refractivity contribution in [2.24, 2.45) is 5.92 Å². The van der Waals surface area contributed by atoms with Crippen LogP contribution in [0.4, 0.5) is 0 Å². The molecule has 0 saturated carbocycles. The lowest BCUT2D eigenvalue weighted by atomic mass is 9.96. The first-order chi connectivity index (χ1) is 16.1. The molecule has 0 aliphatic carbocycles. The highest BCUT2D eigenvalue weighted by molar-refractivity contribution is 6.09. The molecule has 0 amide bonds. The molecule has 0 fully saturated rings. The van der Waals surface area contributed by atoms with E-state index in [1.54, 1.807) is 62.4 Å². The van der Waals surface area contributed by atoms with Gasteiger partial charge in [-0.3, -0.25) is 14.4 Å². The third kappa shape index (κ3) is 7.69. The van der Waals surface area contributed by atoms with Crippen molar-refractivity contribution in [1.29, 1.82) is 0 Å². The molecule has 0 saturated heterocycles. The van der Waals surface area contributed by atoms with Gasteiger partial charge in [-0.25, -0.2) is 0 Å². The van der Waals surface area contributed by atoms with E-state index in [4.69, 9.17) is 10.2 Å². The van der Waals surface area contributed by atoms with Crippen LogP contribution in [0.1, 0.15) is 72.1 Å². The molecule has 0 heterocycles. The summed E-state index contributed by atoms with van der Waals surface area (Å²) >= 11 is 0. The summed E-state index contributed by atoms with van der Waals surface area (Å²) in [5, 5.41) is 17.8. The molecule has 3 aromatic rings. The fourth-order valence-corrected chi connectivity index (χ4v) is 3.40. The van der Waals surface area contributed by atoms with E-state index in [-0.39, 0.29) is 5.78 Å². The van der Waals surface area contributed by atoms with Gasteiger partial charge in [-0.05, 0) is 48.9 Å². The molecule has 3 aromatic carbocycles. The van der Waals surface area contributed by atoms with Crippen molar-refractivity contribution in [2.75, 3.05) is 0 Å². The Bertz CT molecular complexity index is 1100. The number of carboxylic acid groups (broad SMARTS) is 2. The predicted octanol–water partition coefficient (Wildman–Crippen LogP) is 6.18. The molecule has 0 aliphatic rings. The van der Waals surface area contributed by atoms with Crippen LogP contribution in [0.15, 0.2) is 78.9 Å². The Morgan fingerprint density at radius 3 is 1.71 bits per heavy atom. The Kier molecular flexibility index (Phi) is 9.75. The first-order valence-electron chi connectivity index (χ1n) is 11.3. The Labute approximate surface area is 201 Å². The Morgan fingerprint density at radius 1 is 0.647 bits per heavy atom. The topological polar surface area (TPSA) is 91.7 Å². The van der Waals surface area contributed by atoms with Crippen LogP contribution in [0.25, 0.3) is 0 Å². The molecule has 34 heavy (non-hydrogen) atoms. The van der Waals surface area contributed by atoms with E-state index in [1.807, 2.05) is 30.3 Å². The SMILES string of the molecule is CC(C(=O)O)c1cccc(C(=O)c2ccccc2)c1.CC(C)Cc1ccc([C@H](C)C(=O)O)cc1. The second-order valence-corrected chi connectivity index (χ2v) is 8.78. The summed E-state index contributed by atoms with van der Waals surface area (Å²) in [6, 6.07) is 23.6. The number of hydrogen-bond acceptors (Lipinski definition) is 3. The van der Waals surface area contributed by atoms with E-state index in [0.29, 0.717) is 22.6 Å². The number of carbonyl (C=O) groups excluding carboxylic acids is 1. The number of benzene rings is 3. The van der Waals surface area contributed by atoms with Crippen LogP contribution in [0.3, 0.4) is 0 Å². The summed E-state index contributed by atoms with van der Waals surface area (Å²) in [4.78, 5) is 34.0. The number of rotatable bonds is 8. The predicted molar refractivity (Wildman–Crippen MR) is 133 cm³/mol. The third-order valence-corrected chi connectivity index (χ3v) is 5.55. The summed E-state index contributed by atoms with van der Waals surface area (Å²) in [6.07, 6.45) is 1.04. The Hall–Kier alpha value is -3.73. The van der Waals surface area contributed by atoms with Crippen molar-refractivity contribution in [2.45, 2.75) is 46.0 Å². The van der Waals surface area contributed by atoms with Crippen molar-refractivity contribution < 1.29 is 24.6 Å². The fourth-order valence-electron chi connectivity index (χ4n) is 3.40. The lowest BCUT2D eigenvalue weighted by molar-refractivity contribution is -0.139. The third-order valence-electron chi connectivity index (χ3n) is 5.55. The molecule has 5 heteroatoms. The minimum Gasteiger partial charge on any atom is -0.481 e. The largest absolute Gasteiger partial charge is 0.481 e. The van der Waals surface area contributed by atoms with Gasteiger partial charge in [-0.15, -0.1) is 0 Å². The summed E-state index contributed by atoms with van der Waals surface area (Å²) in [7, 11) is 0. The van der Waals surface area contributed by atoms with E-state index < -0.39 is 23.8 Å². The zero-order valence-electron chi connectivity index (χ0n) is 20.1. The van der Waals surface area contributed by atoms with E-state index in [1.165, 1.54) is 5.56 Å². The maximum absolute atomic E-state index is 12.2. The maximum atomic E-state index is 12.2. The first kappa shape index (κ1) is 26.5. The summed E-state index contributed by atoms with van der Waals surface area (Å²) < 4.78 is 0. The van der Waals surface area contributed by atoms with Gasteiger partial charge in [0.1, 0.15) is 0 Å². The van der Waals surface area contributed by atoms with Gasteiger partial charge in [-0.1, -0.05) is 86.6 Å². The molecule has 0 bridgehead atoms. The molecule has 178 valence electrons. The van der Waals surface area contributed by atoms with Gasteiger partial charge in [0.05, 0.1) is 11.8 Å². The number of aliphatic carboxylic acids is 2. The lowest BCUT2D eigenvalue weighted by Crippen LogP contribution is -2.09. The van der Waals surface area contributed by atoms with Gasteiger partial charge in [0, 0.05) is 11.1 Å². The fraction of sp³-hybridized carbons (Fsp3) is 0.276. The molecule has 0 spiro atoms. The number of carbonyl (C=O) groups is 3. The van der Waals surface area contributed by atoms with E-state index in [9.17, 15) is 14.4 Å². The van der Waals surface area contributed by atoms with E-state index >= 15 is 0 Å². The van der Waals surface area contributed by atoms with Crippen LogP contribution in [0, 0.1) is 5.92 Å². The normalized spacial score (nSPS) is 12.3. The van der Waals surface area contributed by atoms with Crippen molar-refractivity contribution in [3.8, 4) is 0 Å². The van der Waals surface area contributed by atoms with Crippen LogP contribution >= 0.6 is 0 Å². The first-order valence-corrected chi connectivity index (χ1v) is 11.3. The lowest BCUT2D eigenvalue weighted by Gasteiger charge is -2.09. The highest BCUT2D eigenvalue weighted by Crippen LogP contribution is 2.19. The van der Waals surface area contributed by atoms with Crippen LogP contribution in [0.5, 0.6) is 0 Å². The van der Waals surface area contributed by atoms with Crippen LogP contribution in [0.2, 0.25) is 0 Å². The summed E-state index contributed by atoms with van der Waals surface area (Å²) in [6.45, 7) is 7.66. The van der Waals surface area contributed by atoms with Gasteiger partial charge < -0.3 is 10.2 Å². The average Bonchev–Trinajstić information content (AvgIpc) is 2.83. The van der Waals surface area contributed by atoms with Crippen LogP contribution < -0.4 is 0 Å². The molecule has 3 rings (SSSR count). The maximum Gasteiger partial charge on any atom is 0.310 e. The quantitative estimate of drug-likeness (QED) is 0.392. The highest BCUT2D eigenvalue weighted by atomic mass is 16.4. The van der Waals surface area contributed by atoms with Gasteiger partial charge >= 0.3 is 11.9 Å². The number of hydrogen-bond donors (Lipinski definition) is 2. The standard InChI is InChI=1S/C16H14O3.C13H18O2/c1-11(16(18)19)13-8-5-9-14(10-13)15(17)12-6-3-2-4-7-12;1-9(2)8-11-4-6-12(7-5-11)10(3)13(14)15/h2-11H,1H3,(H,18,19);4-7,9-10H,8H2,1-3H3,(H,14,15)/t;10-/m.0/s1. The minimum absolute atomic E-state index is 0.0972. The van der Waals surface area contributed by atoms with Crippen molar-refractivity contribution in [1.82, 2.24) is 0 Å². The number of ketones is 1. The van der Waals surface area contributed by atoms with Gasteiger partial charge in [0.15, 0.2) is 5.78 Å². The second kappa shape index (κ2) is 12.5. The molecule has 5 nitrogen and oxygen atoms in total. The molecule has 0 aliphatic heterocycles. The smallest absolute Gasteiger partial charge is 0.310 e. The van der Waals surface area contributed by atoms with Gasteiger partial charge in [-0.2, -0.15) is 0 Å². The average molecular weight is 461 g/mol. The Balaban J connectivity index is 0.000000248. The molecule has 1 unspecified atom stereocenters. The molecule has 0 radical (unpaired) electrons. The molecule has 0 aromatic heterocycles. The van der Waals surface area contributed by atoms with E-state index in [0.717, 1.165) is 12.0 Å². The molecular weight excluding hydrogens is 428 g/mol. The second-order valence-electron chi connectivity index (χ2n) is 8.78. The minimum atomic E-state index is -0.899. The zero-order chi connectivity index (χ0) is 25.3. The monoisotopic (exact) mass is 460 g/mol. The van der Waals surface area contributed by atoms with Crippen molar-refractivity contribution in [3.63, 3.8) is 0 Å². The van der Waals surface area contributed by atoms with E-state index in [2.05, 4.69) is 13.8 Å². The molecule has 2 N–H and O–H groups in total. The molecule has 2 atom stereocenters. The summed E-state index contributed by atoms with van der Waals surface area (Å²) in [5.74, 6) is -2.18. The van der Waals surface area contributed by atoms with Crippen molar-refractivity contribution in [3.05, 3.63) is 107 Å². The summed E-state index contributed by atoms with van der Waals surface area (Å²) in [5.41, 5.74) is 3.88. The molecular formula is C29H32O5. The Morgan fingerprint density at radius 2 is 1.18 bits per heavy atom. The zero-order valence-corrected chi connectivity index (χ0v) is 20.1. The van der Waals surface area contributed by atoms with Crippen molar-refractivity contribution >= 4 is 17.7 Å². The van der Waals surface area contributed by atoms with Crippen LogP contribution in [-0.4, -0.2) is 27.9 Å². The van der Waals surface area contributed by atoms with Crippen LogP contribution in [-0.2, 0) is 16.0 Å².